The SMILES string of the molecule is COc1cc(CN2CCN(C)CC2)ccc1C1(N2CCCC2c2ncco2)C(=O)N(S(=O)(=O)c2ccc(C#N)cc2)c2ccc(Cl)cc21. The minimum absolute atomic E-state index is 0.119. The highest BCUT2D eigenvalue weighted by atomic mass is 35.5. The van der Waals surface area contributed by atoms with E-state index in [1.54, 1.807) is 31.5 Å². The maximum absolute atomic E-state index is 15.4. The summed E-state index contributed by atoms with van der Waals surface area (Å²) in [7, 11) is -0.778. The number of benzene rings is 3. The minimum Gasteiger partial charge on any atom is -0.496 e. The number of oxazole rings is 1. The molecule has 2 atom stereocenters. The zero-order valence-electron chi connectivity index (χ0n) is 26.7. The van der Waals surface area contributed by atoms with Crippen molar-refractivity contribution >= 4 is 33.2 Å². The van der Waals surface area contributed by atoms with Gasteiger partial charge >= 0.3 is 0 Å². The summed E-state index contributed by atoms with van der Waals surface area (Å²) in [5.74, 6) is 0.201. The van der Waals surface area contributed by atoms with E-state index in [1.165, 1.54) is 30.5 Å². The van der Waals surface area contributed by atoms with Gasteiger partial charge in [0.2, 0.25) is 5.89 Å². The third-order valence-corrected chi connectivity index (χ3v) is 11.6. The van der Waals surface area contributed by atoms with Crippen molar-refractivity contribution in [2.75, 3.05) is 51.2 Å². The van der Waals surface area contributed by atoms with Crippen LogP contribution in [0.15, 0.2) is 82.4 Å². The largest absolute Gasteiger partial charge is 0.496 e. The molecule has 1 aromatic heterocycles. The molecule has 48 heavy (non-hydrogen) atoms. The average molecular weight is 687 g/mol. The predicted octanol–water partition coefficient (Wildman–Crippen LogP) is 4.77. The number of fused-ring (bicyclic) bond motifs is 1. The number of likely N-dealkylation sites (tertiary alicyclic amines) is 1. The van der Waals surface area contributed by atoms with Crippen LogP contribution in [0.4, 0.5) is 5.69 Å². The molecule has 3 aromatic carbocycles. The van der Waals surface area contributed by atoms with Gasteiger partial charge < -0.3 is 14.1 Å². The van der Waals surface area contributed by atoms with Crippen molar-refractivity contribution < 1.29 is 22.4 Å². The smallest absolute Gasteiger partial charge is 0.271 e. The average Bonchev–Trinajstić information content (AvgIpc) is 3.85. The summed E-state index contributed by atoms with van der Waals surface area (Å²) in [5.41, 5.74) is 0.746. The summed E-state index contributed by atoms with van der Waals surface area (Å²) in [6.45, 7) is 4.97. The summed E-state index contributed by atoms with van der Waals surface area (Å²) in [6, 6.07) is 17.7. The lowest BCUT2D eigenvalue weighted by molar-refractivity contribution is -0.127. The number of rotatable bonds is 8. The van der Waals surface area contributed by atoms with Gasteiger partial charge in [-0.25, -0.2) is 17.7 Å². The Morgan fingerprint density at radius 1 is 1.04 bits per heavy atom. The number of carbonyl (C=O) groups excluding carboxylic acids is 1. The van der Waals surface area contributed by atoms with E-state index >= 15 is 4.79 Å². The van der Waals surface area contributed by atoms with Crippen molar-refractivity contribution in [1.82, 2.24) is 19.7 Å². The highest BCUT2D eigenvalue weighted by Crippen LogP contribution is 2.56. The fourth-order valence-electron chi connectivity index (χ4n) is 7.31. The number of sulfonamides is 1. The van der Waals surface area contributed by atoms with Crippen LogP contribution < -0.4 is 9.04 Å². The molecule has 0 spiro atoms. The number of amides is 1. The van der Waals surface area contributed by atoms with Crippen molar-refractivity contribution in [2.24, 2.45) is 0 Å². The van der Waals surface area contributed by atoms with E-state index in [4.69, 9.17) is 20.8 Å². The molecule has 4 aromatic rings. The van der Waals surface area contributed by atoms with Gasteiger partial charge in [0.15, 0.2) is 5.54 Å². The van der Waals surface area contributed by atoms with Crippen LogP contribution >= 0.6 is 11.6 Å². The van der Waals surface area contributed by atoms with E-state index < -0.39 is 27.5 Å². The second kappa shape index (κ2) is 12.7. The Balaban J connectivity index is 1.43. The van der Waals surface area contributed by atoms with E-state index in [0.29, 0.717) is 59.3 Å². The number of halogens is 1. The van der Waals surface area contributed by atoms with Gasteiger partial charge in [-0.2, -0.15) is 5.26 Å². The van der Waals surface area contributed by atoms with Gasteiger partial charge in [0.25, 0.3) is 15.9 Å². The van der Waals surface area contributed by atoms with Gasteiger partial charge in [0.1, 0.15) is 12.0 Å². The van der Waals surface area contributed by atoms with Crippen LogP contribution in [0, 0.1) is 11.3 Å². The molecule has 1 amide bonds. The van der Waals surface area contributed by atoms with Crippen LogP contribution in [0.3, 0.4) is 0 Å². The van der Waals surface area contributed by atoms with E-state index in [0.717, 1.165) is 36.0 Å². The molecule has 11 nitrogen and oxygen atoms in total. The Hall–Kier alpha value is -4.25. The molecule has 0 bridgehead atoms. The van der Waals surface area contributed by atoms with Crippen LogP contribution in [-0.2, 0) is 26.9 Å². The highest BCUT2D eigenvalue weighted by molar-refractivity contribution is 7.93. The first-order valence-corrected chi connectivity index (χ1v) is 17.6. The number of likely N-dealkylation sites (N-methyl/N-ethyl adjacent to an activating group) is 1. The monoisotopic (exact) mass is 686 g/mol. The number of ether oxygens (including phenoxy) is 1. The number of aromatic nitrogens is 1. The Morgan fingerprint density at radius 2 is 1.81 bits per heavy atom. The molecule has 3 aliphatic rings. The minimum atomic E-state index is -4.46. The molecule has 0 N–H and O–H groups in total. The quantitative estimate of drug-likeness (QED) is 0.256. The summed E-state index contributed by atoms with van der Waals surface area (Å²) >= 11 is 6.66. The van der Waals surface area contributed by atoms with Crippen molar-refractivity contribution in [2.45, 2.75) is 35.9 Å². The lowest BCUT2D eigenvalue weighted by atomic mass is 9.80. The highest BCUT2D eigenvalue weighted by Gasteiger charge is 2.62. The number of piperazine rings is 1. The first-order chi connectivity index (χ1) is 23.2. The topological polar surface area (TPSA) is 123 Å². The van der Waals surface area contributed by atoms with Crippen LogP contribution in [0.5, 0.6) is 5.75 Å². The number of nitrogens with zero attached hydrogens (tertiary/aromatic N) is 6. The molecular weight excluding hydrogens is 652 g/mol. The number of nitriles is 1. The molecule has 2 unspecified atom stereocenters. The molecule has 248 valence electrons. The first kappa shape index (κ1) is 32.3. The van der Waals surface area contributed by atoms with E-state index in [2.05, 4.69) is 21.8 Å². The van der Waals surface area contributed by atoms with Crippen LogP contribution in [0.25, 0.3) is 0 Å². The predicted molar refractivity (Wildman–Crippen MR) is 179 cm³/mol. The number of anilines is 1. The Morgan fingerprint density at radius 3 is 2.50 bits per heavy atom. The van der Waals surface area contributed by atoms with Gasteiger partial charge in [-0.05, 0) is 74.0 Å². The fraction of sp³-hybridized carbons (Fsp3) is 0.343. The van der Waals surface area contributed by atoms with E-state index in [9.17, 15) is 13.7 Å². The molecule has 2 saturated heterocycles. The summed E-state index contributed by atoms with van der Waals surface area (Å²) in [4.78, 5) is 26.4. The van der Waals surface area contributed by atoms with Crippen molar-refractivity contribution in [3.8, 4) is 11.8 Å². The molecule has 0 saturated carbocycles. The Bertz CT molecular complexity index is 1990. The van der Waals surface area contributed by atoms with Gasteiger partial charge in [0.05, 0.1) is 41.6 Å². The number of hydrogen-bond acceptors (Lipinski definition) is 10. The van der Waals surface area contributed by atoms with Crippen molar-refractivity contribution in [3.63, 3.8) is 0 Å². The molecule has 7 rings (SSSR count). The number of methoxy groups -OCH3 is 1. The maximum Gasteiger partial charge on any atom is 0.271 e. The fourth-order valence-corrected chi connectivity index (χ4v) is 8.94. The number of hydrogen-bond donors (Lipinski definition) is 0. The molecule has 2 fully saturated rings. The summed E-state index contributed by atoms with van der Waals surface area (Å²) in [5, 5.41) is 9.67. The lowest BCUT2D eigenvalue weighted by Gasteiger charge is -2.41. The molecular formula is C35H35ClN6O5S. The second-order valence-corrected chi connectivity index (χ2v) is 14.6. The van der Waals surface area contributed by atoms with Gasteiger partial charge in [-0.1, -0.05) is 23.7 Å². The zero-order chi connectivity index (χ0) is 33.6. The molecule has 0 aliphatic carbocycles. The molecule has 3 aliphatic heterocycles. The Kier molecular flexibility index (Phi) is 8.51. The lowest BCUT2D eigenvalue weighted by Crippen LogP contribution is -2.54. The molecule has 13 heteroatoms. The summed E-state index contributed by atoms with van der Waals surface area (Å²) in [6.07, 6.45) is 4.41. The summed E-state index contributed by atoms with van der Waals surface area (Å²) < 4.78 is 41.7. The maximum atomic E-state index is 15.4. The second-order valence-electron chi connectivity index (χ2n) is 12.4. The third-order valence-electron chi connectivity index (χ3n) is 9.66. The van der Waals surface area contributed by atoms with E-state index in [-0.39, 0.29) is 10.6 Å². The van der Waals surface area contributed by atoms with E-state index in [1.807, 2.05) is 29.2 Å². The van der Waals surface area contributed by atoms with Gasteiger partial charge in [-0.15, -0.1) is 0 Å². The first-order valence-electron chi connectivity index (χ1n) is 15.8. The van der Waals surface area contributed by atoms with Crippen molar-refractivity contribution in [3.05, 3.63) is 106 Å². The van der Waals surface area contributed by atoms with Crippen molar-refractivity contribution in [1.29, 1.82) is 5.26 Å². The standard InChI is InChI=1S/C35H35ClN6O5S/c1-39-15-17-40(18-16-39)23-25-7-11-28(32(20-25)46-2)35(41-14-3-4-31(41)33-38-13-19-47-33)29-21-26(36)8-12-30(29)42(34(35)43)48(44,45)27-9-5-24(22-37)6-10-27/h5-13,19-21,31H,3-4,14-18,23H2,1-2H3. The number of carbonyl (C=O) groups is 1. The van der Waals surface area contributed by atoms with Crippen LogP contribution in [-0.4, -0.2) is 80.9 Å². The normalized spacial score (nSPS) is 22.2. The van der Waals surface area contributed by atoms with Gasteiger partial charge in [0, 0.05) is 55.4 Å². The van der Waals surface area contributed by atoms with Crippen LogP contribution in [0.1, 0.15) is 47.0 Å². The van der Waals surface area contributed by atoms with Crippen LogP contribution in [0.2, 0.25) is 5.02 Å². The van der Waals surface area contributed by atoms with Gasteiger partial charge in [-0.3, -0.25) is 14.6 Å². The zero-order valence-corrected chi connectivity index (χ0v) is 28.2. The molecule has 4 heterocycles. The molecule has 0 radical (unpaired) electrons. The Labute approximate surface area is 284 Å². The third kappa shape index (κ3) is 5.27.